The van der Waals surface area contributed by atoms with Gasteiger partial charge in [-0.15, -0.1) is 0 Å². The highest BCUT2D eigenvalue weighted by Crippen LogP contribution is 2.33. The molecule has 2 unspecified atom stereocenters. The van der Waals surface area contributed by atoms with E-state index in [1.165, 1.54) is 12.3 Å². The second kappa shape index (κ2) is 7.03. The van der Waals surface area contributed by atoms with Gasteiger partial charge in [-0.05, 0) is 37.6 Å². The van der Waals surface area contributed by atoms with E-state index in [9.17, 15) is 18.0 Å². The van der Waals surface area contributed by atoms with Crippen LogP contribution in [-0.2, 0) is 10.9 Å². The summed E-state index contributed by atoms with van der Waals surface area (Å²) in [5.41, 5.74) is 0.679. The summed E-state index contributed by atoms with van der Waals surface area (Å²) in [6, 6.07) is 6.46. The third-order valence-corrected chi connectivity index (χ3v) is 4.30. The molecule has 0 radical (unpaired) electrons. The predicted octanol–water partition coefficient (Wildman–Crippen LogP) is 3.41. The van der Waals surface area contributed by atoms with Gasteiger partial charge in [-0.25, -0.2) is 0 Å². The lowest BCUT2D eigenvalue weighted by atomic mass is 10.0. The van der Waals surface area contributed by atoms with Crippen LogP contribution in [0, 0.1) is 6.92 Å². The molecule has 0 aliphatic carbocycles. The number of aromatic nitrogens is 2. The third-order valence-electron chi connectivity index (χ3n) is 4.30. The molecule has 0 saturated carbocycles. The summed E-state index contributed by atoms with van der Waals surface area (Å²) in [6.45, 7) is 3.98. The minimum Gasteiger partial charge on any atom is -0.370 e. The lowest BCUT2D eigenvalue weighted by Crippen LogP contribution is -2.48. The molecule has 138 valence electrons. The molecular weight excluding hydrogens is 347 g/mol. The van der Waals surface area contributed by atoms with E-state index < -0.39 is 17.8 Å². The van der Waals surface area contributed by atoms with E-state index >= 15 is 0 Å². The Kier molecular flexibility index (Phi) is 4.95. The quantitative estimate of drug-likeness (QED) is 0.819. The number of alkyl halides is 3. The first-order valence-corrected chi connectivity index (χ1v) is 8.15. The smallest absolute Gasteiger partial charge is 0.370 e. The van der Waals surface area contributed by atoms with Crippen molar-refractivity contribution in [1.82, 2.24) is 15.1 Å². The minimum absolute atomic E-state index is 0.169. The van der Waals surface area contributed by atoms with Crippen molar-refractivity contribution in [2.75, 3.05) is 13.2 Å². The number of amides is 1. The lowest BCUT2D eigenvalue weighted by molar-refractivity contribution is -0.137. The summed E-state index contributed by atoms with van der Waals surface area (Å²) in [5.74, 6) is -0.240. The SMILES string of the molecule is Cc1cc(C(=O)N2CC(c3cccc(C(F)(F)F)c3)OCC2C)cnn1. The van der Waals surface area contributed by atoms with Gasteiger partial charge in [0, 0.05) is 0 Å². The molecule has 26 heavy (non-hydrogen) atoms. The fraction of sp³-hybridized carbons (Fsp3) is 0.389. The van der Waals surface area contributed by atoms with Crippen LogP contribution in [0.2, 0.25) is 0 Å². The van der Waals surface area contributed by atoms with Crippen LogP contribution < -0.4 is 0 Å². The standard InChI is InChI=1S/C18H18F3N3O2/c1-11-6-14(8-22-23-11)17(25)24-9-16(26-10-12(24)2)13-4-3-5-15(7-13)18(19,20)21/h3-8,12,16H,9-10H2,1-2H3. The Bertz CT molecular complexity index is 810. The Morgan fingerprint density at radius 2 is 2.08 bits per heavy atom. The maximum absolute atomic E-state index is 12.9. The van der Waals surface area contributed by atoms with Gasteiger partial charge in [0.2, 0.25) is 0 Å². The summed E-state index contributed by atoms with van der Waals surface area (Å²) < 4.78 is 44.5. The fourth-order valence-electron chi connectivity index (χ4n) is 2.91. The Hall–Kier alpha value is -2.48. The molecule has 5 nitrogen and oxygen atoms in total. The predicted molar refractivity (Wildman–Crippen MR) is 87.4 cm³/mol. The number of halogens is 3. The average Bonchev–Trinajstić information content (AvgIpc) is 2.61. The van der Waals surface area contributed by atoms with Gasteiger partial charge in [-0.3, -0.25) is 4.79 Å². The van der Waals surface area contributed by atoms with Crippen LogP contribution in [0.25, 0.3) is 0 Å². The molecule has 1 aromatic heterocycles. The molecule has 2 aromatic rings. The number of benzene rings is 1. The van der Waals surface area contributed by atoms with Crippen molar-refractivity contribution in [3.8, 4) is 0 Å². The molecule has 0 N–H and O–H groups in total. The maximum Gasteiger partial charge on any atom is 0.416 e. The van der Waals surface area contributed by atoms with Crippen LogP contribution in [0.4, 0.5) is 13.2 Å². The Labute approximate surface area is 148 Å². The van der Waals surface area contributed by atoms with Gasteiger partial charge in [0.25, 0.3) is 5.91 Å². The topological polar surface area (TPSA) is 55.3 Å². The van der Waals surface area contributed by atoms with Crippen molar-refractivity contribution in [2.45, 2.75) is 32.2 Å². The average molecular weight is 365 g/mol. The number of nitrogens with zero attached hydrogens (tertiary/aromatic N) is 3. The van der Waals surface area contributed by atoms with E-state index in [4.69, 9.17) is 4.74 Å². The lowest BCUT2D eigenvalue weighted by Gasteiger charge is -2.38. The van der Waals surface area contributed by atoms with Crippen molar-refractivity contribution < 1.29 is 22.7 Å². The second-order valence-corrected chi connectivity index (χ2v) is 6.34. The zero-order valence-electron chi connectivity index (χ0n) is 14.3. The van der Waals surface area contributed by atoms with Gasteiger partial charge >= 0.3 is 6.18 Å². The number of hydrogen-bond acceptors (Lipinski definition) is 4. The van der Waals surface area contributed by atoms with Crippen molar-refractivity contribution in [2.24, 2.45) is 0 Å². The van der Waals surface area contributed by atoms with E-state index in [1.54, 1.807) is 24.0 Å². The molecule has 1 fully saturated rings. The van der Waals surface area contributed by atoms with Crippen LogP contribution in [0.15, 0.2) is 36.5 Å². The molecular formula is C18H18F3N3O2. The maximum atomic E-state index is 12.9. The molecule has 0 bridgehead atoms. The molecule has 3 rings (SSSR count). The van der Waals surface area contributed by atoms with Crippen molar-refractivity contribution in [3.63, 3.8) is 0 Å². The van der Waals surface area contributed by atoms with E-state index in [1.807, 2.05) is 6.92 Å². The molecule has 0 spiro atoms. The molecule has 1 aliphatic heterocycles. The van der Waals surface area contributed by atoms with Gasteiger partial charge < -0.3 is 9.64 Å². The van der Waals surface area contributed by atoms with E-state index in [-0.39, 0.29) is 25.1 Å². The molecule has 8 heteroatoms. The molecule has 1 amide bonds. The number of rotatable bonds is 2. The third kappa shape index (κ3) is 3.85. The summed E-state index contributed by atoms with van der Waals surface area (Å²) in [5, 5.41) is 7.62. The molecule has 2 atom stereocenters. The van der Waals surface area contributed by atoms with Gasteiger partial charge in [0.05, 0.1) is 42.2 Å². The first-order valence-electron chi connectivity index (χ1n) is 8.15. The number of ether oxygens (including phenoxy) is 1. The zero-order chi connectivity index (χ0) is 18.9. The molecule has 1 aliphatic rings. The van der Waals surface area contributed by atoms with Crippen LogP contribution in [0.1, 0.15) is 40.2 Å². The monoisotopic (exact) mass is 365 g/mol. The summed E-state index contributed by atoms with van der Waals surface area (Å²) in [7, 11) is 0. The number of morpholine rings is 1. The molecule has 1 aromatic carbocycles. The van der Waals surface area contributed by atoms with Crippen molar-refractivity contribution in [1.29, 1.82) is 0 Å². The Morgan fingerprint density at radius 1 is 1.31 bits per heavy atom. The van der Waals surface area contributed by atoms with Crippen molar-refractivity contribution >= 4 is 5.91 Å². The first-order chi connectivity index (χ1) is 12.3. The zero-order valence-corrected chi connectivity index (χ0v) is 14.3. The highest BCUT2D eigenvalue weighted by Gasteiger charge is 2.34. The van der Waals surface area contributed by atoms with Crippen molar-refractivity contribution in [3.05, 3.63) is 58.9 Å². The number of aryl methyl sites for hydroxylation is 1. The second-order valence-electron chi connectivity index (χ2n) is 6.34. The first kappa shape index (κ1) is 18.3. The van der Waals surface area contributed by atoms with Gasteiger partial charge in [0.15, 0.2) is 0 Å². The number of carbonyl (C=O) groups is 1. The molecule has 2 heterocycles. The van der Waals surface area contributed by atoms with E-state index in [0.29, 0.717) is 16.8 Å². The summed E-state index contributed by atoms with van der Waals surface area (Å²) in [4.78, 5) is 14.4. The minimum atomic E-state index is -4.42. The van der Waals surface area contributed by atoms with Crippen LogP contribution in [0.5, 0.6) is 0 Å². The Balaban J connectivity index is 1.83. The normalized spacial score (nSPS) is 20.9. The van der Waals surface area contributed by atoms with Gasteiger partial charge in [0.1, 0.15) is 6.10 Å². The Morgan fingerprint density at radius 3 is 2.77 bits per heavy atom. The van der Waals surface area contributed by atoms with Gasteiger partial charge in [-0.1, -0.05) is 12.1 Å². The molecule has 1 saturated heterocycles. The van der Waals surface area contributed by atoms with Crippen LogP contribution in [0.3, 0.4) is 0 Å². The van der Waals surface area contributed by atoms with E-state index in [2.05, 4.69) is 10.2 Å². The number of hydrogen-bond donors (Lipinski definition) is 0. The van der Waals surface area contributed by atoms with Crippen LogP contribution >= 0.6 is 0 Å². The summed E-state index contributed by atoms with van der Waals surface area (Å²) >= 11 is 0. The highest BCUT2D eigenvalue weighted by molar-refractivity contribution is 5.94. The van der Waals surface area contributed by atoms with Gasteiger partial charge in [-0.2, -0.15) is 23.4 Å². The largest absolute Gasteiger partial charge is 0.416 e. The number of carbonyl (C=O) groups excluding carboxylic acids is 1. The van der Waals surface area contributed by atoms with Crippen LogP contribution in [-0.4, -0.2) is 40.2 Å². The van der Waals surface area contributed by atoms with E-state index in [0.717, 1.165) is 12.1 Å². The summed E-state index contributed by atoms with van der Waals surface area (Å²) in [6.07, 6.45) is -3.65. The fourth-order valence-corrected chi connectivity index (χ4v) is 2.91. The highest BCUT2D eigenvalue weighted by atomic mass is 19.4.